The number of hydrogen-bond acceptors (Lipinski definition) is 4. The van der Waals surface area contributed by atoms with E-state index in [1.807, 2.05) is 30.5 Å². The van der Waals surface area contributed by atoms with E-state index in [-0.39, 0.29) is 29.9 Å². The van der Waals surface area contributed by atoms with E-state index in [0.717, 1.165) is 27.6 Å². The zero-order chi connectivity index (χ0) is 33.6. The van der Waals surface area contributed by atoms with E-state index in [1.54, 1.807) is 45.0 Å². The monoisotopic (exact) mass is 644 g/mol. The smallest absolute Gasteiger partial charge is 0.410 e. The van der Waals surface area contributed by atoms with Gasteiger partial charge in [-0.15, -0.1) is 0 Å². The Hall–Kier alpha value is -4.73. The van der Waals surface area contributed by atoms with Gasteiger partial charge in [0.1, 0.15) is 29.3 Å². The Morgan fingerprint density at radius 1 is 0.957 bits per heavy atom. The maximum absolute atomic E-state index is 13.7. The third-order valence-electron chi connectivity index (χ3n) is 8.43. The van der Waals surface area contributed by atoms with E-state index in [2.05, 4.69) is 15.6 Å². The Morgan fingerprint density at radius 2 is 1.60 bits per heavy atom. The zero-order valence-electron chi connectivity index (χ0n) is 27.0. The number of fused-ring (bicyclic) bond motifs is 1. The van der Waals surface area contributed by atoms with Crippen molar-refractivity contribution < 1.29 is 27.9 Å². The highest BCUT2D eigenvalue weighted by atomic mass is 19.1. The van der Waals surface area contributed by atoms with Gasteiger partial charge in [0.2, 0.25) is 11.8 Å². The van der Waals surface area contributed by atoms with E-state index in [9.17, 15) is 23.2 Å². The molecule has 4 aromatic rings. The predicted octanol–water partition coefficient (Wildman–Crippen LogP) is 6.60. The summed E-state index contributed by atoms with van der Waals surface area (Å²) in [6.07, 6.45) is 3.85. The SMILES string of the molecule is CC(C)(C)OC(=O)N1CCC[C@H]1C(=O)N[C@@H](Cc1c[nH]c2ccccc12)C(=O)NCCCC(c1ccc(F)cc1)c1ccc(F)cc1. The zero-order valence-corrected chi connectivity index (χ0v) is 27.0. The topological polar surface area (TPSA) is 104 Å². The van der Waals surface area contributed by atoms with Gasteiger partial charge in [0.15, 0.2) is 0 Å². The molecule has 0 unspecified atom stereocenters. The van der Waals surface area contributed by atoms with E-state index in [4.69, 9.17) is 4.74 Å². The summed E-state index contributed by atoms with van der Waals surface area (Å²) in [6.45, 7) is 6.05. The number of amides is 3. The number of nitrogens with zero attached hydrogens (tertiary/aromatic N) is 1. The van der Waals surface area contributed by atoms with Gasteiger partial charge in [-0.05, 0) is 93.5 Å². The summed E-state index contributed by atoms with van der Waals surface area (Å²) in [5.41, 5.74) is 2.88. The van der Waals surface area contributed by atoms with Crippen molar-refractivity contribution in [2.75, 3.05) is 13.1 Å². The van der Waals surface area contributed by atoms with Crippen LogP contribution < -0.4 is 10.6 Å². The number of para-hydroxylation sites is 1. The van der Waals surface area contributed by atoms with Crippen molar-refractivity contribution in [3.05, 3.63) is 107 Å². The van der Waals surface area contributed by atoms with Gasteiger partial charge in [0.25, 0.3) is 0 Å². The molecule has 3 N–H and O–H groups in total. The molecule has 8 nitrogen and oxygen atoms in total. The Balaban J connectivity index is 1.28. The van der Waals surface area contributed by atoms with E-state index in [0.29, 0.717) is 38.8 Å². The minimum Gasteiger partial charge on any atom is -0.444 e. The van der Waals surface area contributed by atoms with Crippen molar-refractivity contribution in [1.82, 2.24) is 20.5 Å². The first kappa shape index (κ1) is 33.6. The molecule has 0 saturated carbocycles. The van der Waals surface area contributed by atoms with Crippen LogP contribution in [-0.2, 0) is 20.7 Å². The fourth-order valence-electron chi connectivity index (χ4n) is 6.13. The number of nitrogens with one attached hydrogen (secondary N) is 3. The lowest BCUT2D eigenvalue weighted by Gasteiger charge is -2.29. The van der Waals surface area contributed by atoms with Gasteiger partial charge in [-0.2, -0.15) is 0 Å². The van der Waals surface area contributed by atoms with E-state index < -0.39 is 29.7 Å². The Bertz CT molecular complexity index is 1640. The van der Waals surface area contributed by atoms with Crippen LogP contribution in [-0.4, -0.2) is 58.6 Å². The number of aromatic nitrogens is 1. The van der Waals surface area contributed by atoms with Crippen molar-refractivity contribution in [3.8, 4) is 0 Å². The van der Waals surface area contributed by atoms with Crippen molar-refractivity contribution in [2.24, 2.45) is 0 Å². The third kappa shape index (κ3) is 8.75. The molecule has 1 fully saturated rings. The van der Waals surface area contributed by atoms with Gasteiger partial charge in [-0.1, -0.05) is 42.5 Å². The fraction of sp³-hybridized carbons (Fsp3) is 0.378. The second-order valence-corrected chi connectivity index (χ2v) is 13.0. The molecule has 3 amide bonds. The number of carbonyl (C=O) groups is 3. The molecule has 0 spiro atoms. The molecule has 2 atom stereocenters. The van der Waals surface area contributed by atoms with Crippen LogP contribution in [0.1, 0.15) is 69.1 Å². The molecule has 5 rings (SSSR count). The van der Waals surface area contributed by atoms with Gasteiger partial charge in [-0.25, -0.2) is 13.6 Å². The number of halogens is 2. The lowest BCUT2D eigenvalue weighted by atomic mass is 9.87. The summed E-state index contributed by atoms with van der Waals surface area (Å²) < 4.78 is 32.9. The number of ether oxygens (including phenoxy) is 1. The molecule has 0 bridgehead atoms. The minimum absolute atomic E-state index is 0.129. The Labute approximate surface area is 273 Å². The summed E-state index contributed by atoms with van der Waals surface area (Å²) in [6, 6.07) is 18.6. The lowest BCUT2D eigenvalue weighted by molar-refractivity contribution is -0.131. The highest BCUT2D eigenvalue weighted by Gasteiger charge is 2.38. The lowest BCUT2D eigenvalue weighted by Crippen LogP contribution is -2.54. The summed E-state index contributed by atoms with van der Waals surface area (Å²) >= 11 is 0. The second kappa shape index (κ2) is 14.8. The number of likely N-dealkylation sites (tertiary alicyclic amines) is 1. The molecule has 3 aromatic carbocycles. The summed E-state index contributed by atoms with van der Waals surface area (Å²) in [5.74, 6) is -1.55. The molecular formula is C37H42F2N4O4. The number of carbonyl (C=O) groups excluding carboxylic acids is 3. The van der Waals surface area contributed by atoms with Crippen LogP contribution in [0.25, 0.3) is 10.9 Å². The first-order valence-electron chi connectivity index (χ1n) is 16.1. The highest BCUT2D eigenvalue weighted by molar-refractivity contribution is 5.92. The average molecular weight is 645 g/mol. The molecule has 0 radical (unpaired) electrons. The fourth-order valence-corrected chi connectivity index (χ4v) is 6.13. The van der Waals surface area contributed by atoms with Gasteiger partial charge >= 0.3 is 6.09 Å². The molecule has 1 aliphatic heterocycles. The number of H-pyrrole nitrogens is 1. The molecular weight excluding hydrogens is 602 g/mol. The van der Waals surface area contributed by atoms with Gasteiger partial charge in [-0.3, -0.25) is 14.5 Å². The van der Waals surface area contributed by atoms with Gasteiger partial charge in [0.05, 0.1) is 0 Å². The number of aromatic amines is 1. The molecule has 10 heteroatoms. The molecule has 1 aliphatic rings. The molecule has 1 saturated heterocycles. The minimum atomic E-state index is -0.896. The van der Waals surface area contributed by atoms with Crippen LogP contribution in [0.4, 0.5) is 13.6 Å². The van der Waals surface area contributed by atoms with Crippen LogP contribution in [0.15, 0.2) is 79.0 Å². The maximum atomic E-state index is 13.7. The van der Waals surface area contributed by atoms with Gasteiger partial charge < -0.3 is 20.4 Å². The van der Waals surface area contributed by atoms with Crippen molar-refractivity contribution in [1.29, 1.82) is 0 Å². The summed E-state index contributed by atoms with van der Waals surface area (Å²) in [4.78, 5) is 44.8. The van der Waals surface area contributed by atoms with Crippen molar-refractivity contribution >= 4 is 28.8 Å². The second-order valence-electron chi connectivity index (χ2n) is 13.0. The molecule has 0 aliphatic carbocycles. The van der Waals surface area contributed by atoms with Gasteiger partial charge in [0, 0.05) is 42.5 Å². The average Bonchev–Trinajstić information content (AvgIpc) is 3.69. The number of benzene rings is 3. The maximum Gasteiger partial charge on any atom is 0.410 e. The van der Waals surface area contributed by atoms with E-state index in [1.165, 1.54) is 29.2 Å². The number of rotatable bonds is 11. The molecule has 47 heavy (non-hydrogen) atoms. The Kier molecular flexibility index (Phi) is 10.6. The van der Waals surface area contributed by atoms with Crippen LogP contribution in [0.3, 0.4) is 0 Å². The van der Waals surface area contributed by atoms with Crippen LogP contribution in [0, 0.1) is 11.6 Å². The summed E-state index contributed by atoms with van der Waals surface area (Å²) in [7, 11) is 0. The van der Waals surface area contributed by atoms with Crippen molar-refractivity contribution in [2.45, 2.75) is 76.5 Å². The number of hydrogen-bond donors (Lipinski definition) is 3. The standard InChI is InChI=1S/C37H42F2N4O4/c1-37(2,3)47-36(46)43-21-7-11-33(43)35(45)42-32(22-26-23-41-31-10-5-4-8-30(26)31)34(44)40-20-6-9-29(24-12-16-27(38)17-13-24)25-14-18-28(39)19-15-25/h4-5,8,10,12-19,23,29,32-33,41H,6-7,9,11,20-22H2,1-3H3,(H,40,44)(H,42,45)/t32-,33-/m0/s1. The first-order chi connectivity index (χ1) is 22.5. The summed E-state index contributed by atoms with van der Waals surface area (Å²) in [5, 5.41) is 6.88. The highest BCUT2D eigenvalue weighted by Crippen LogP contribution is 2.30. The quantitative estimate of drug-likeness (QED) is 0.160. The molecule has 248 valence electrons. The van der Waals surface area contributed by atoms with Crippen molar-refractivity contribution in [3.63, 3.8) is 0 Å². The normalized spacial score (nSPS) is 15.5. The van der Waals surface area contributed by atoms with Crippen LogP contribution in [0.5, 0.6) is 0 Å². The van der Waals surface area contributed by atoms with E-state index >= 15 is 0 Å². The Morgan fingerprint density at radius 3 is 2.23 bits per heavy atom. The third-order valence-corrected chi connectivity index (χ3v) is 8.43. The first-order valence-corrected chi connectivity index (χ1v) is 16.1. The predicted molar refractivity (Wildman–Crippen MR) is 177 cm³/mol. The molecule has 1 aromatic heterocycles. The largest absolute Gasteiger partial charge is 0.444 e. The molecule has 2 heterocycles. The van der Waals surface area contributed by atoms with Crippen LogP contribution >= 0.6 is 0 Å². The van der Waals surface area contributed by atoms with Crippen LogP contribution in [0.2, 0.25) is 0 Å².